The summed E-state index contributed by atoms with van der Waals surface area (Å²) in [6, 6.07) is 8.04. The number of aryl methyl sites for hydroxylation is 1. The van der Waals surface area contributed by atoms with Gasteiger partial charge in [0.2, 0.25) is 5.91 Å². The van der Waals surface area contributed by atoms with E-state index in [0.29, 0.717) is 12.6 Å². The third kappa shape index (κ3) is 4.79. The molecule has 0 unspecified atom stereocenters. The molecule has 5 heteroatoms. The minimum atomic E-state index is 0.0866. The van der Waals surface area contributed by atoms with Gasteiger partial charge in [0.15, 0.2) is 0 Å². The number of rotatable bonds is 6. The van der Waals surface area contributed by atoms with Crippen LogP contribution in [0.4, 0.5) is 5.69 Å². The van der Waals surface area contributed by atoms with Crippen molar-refractivity contribution in [3.05, 3.63) is 29.8 Å². The van der Waals surface area contributed by atoms with E-state index in [1.54, 1.807) is 0 Å². The number of amides is 1. The number of para-hydroxylation sites is 1. The van der Waals surface area contributed by atoms with Crippen LogP contribution in [0.2, 0.25) is 0 Å². The molecule has 1 amide bonds. The van der Waals surface area contributed by atoms with Gasteiger partial charge in [-0.3, -0.25) is 14.6 Å². The lowest BCUT2D eigenvalue weighted by Gasteiger charge is -2.35. The normalized spacial score (nSPS) is 22.6. The van der Waals surface area contributed by atoms with Crippen LogP contribution in [0.5, 0.6) is 0 Å². The SMILES string of the molecule is CCc1ccccc1NC(=O)CN1CCN(C[C@H]2CCCO2)CC1. The number of hydrogen-bond acceptors (Lipinski definition) is 4. The van der Waals surface area contributed by atoms with E-state index < -0.39 is 0 Å². The molecule has 1 N–H and O–H groups in total. The fourth-order valence-corrected chi connectivity index (χ4v) is 3.55. The van der Waals surface area contributed by atoms with E-state index in [9.17, 15) is 4.79 Å². The summed E-state index contributed by atoms with van der Waals surface area (Å²) < 4.78 is 5.72. The molecule has 0 aliphatic carbocycles. The van der Waals surface area contributed by atoms with Crippen LogP contribution in [0.1, 0.15) is 25.3 Å². The highest BCUT2D eigenvalue weighted by molar-refractivity contribution is 5.93. The molecular formula is C19H29N3O2. The molecule has 2 fully saturated rings. The summed E-state index contributed by atoms with van der Waals surface area (Å²) in [6.07, 6.45) is 3.74. The van der Waals surface area contributed by atoms with E-state index >= 15 is 0 Å². The second-order valence-electron chi connectivity index (χ2n) is 6.77. The number of hydrogen-bond donors (Lipinski definition) is 1. The van der Waals surface area contributed by atoms with Crippen LogP contribution < -0.4 is 5.32 Å². The number of nitrogens with one attached hydrogen (secondary N) is 1. The lowest BCUT2D eigenvalue weighted by atomic mass is 10.1. The minimum absolute atomic E-state index is 0.0866. The van der Waals surface area contributed by atoms with Crippen molar-refractivity contribution < 1.29 is 9.53 Å². The number of nitrogens with zero attached hydrogens (tertiary/aromatic N) is 2. The molecule has 24 heavy (non-hydrogen) atoms. The Hall–Kier alpha value is -1.43. The molecule has 3 rings (SSSR count). The molecule has 2 aliphatic rings. The Balaban J connectivity index is 1.41. The summed E-state index contributed by atoms with van der Waals surface area (Å²) in [6.45, 7) is 8.51. The van der Waals surface area contributed by atoms with Crippen molar-refractivity contribution in [1.82, 2.24) is 9.80 Å². The van der Waals surface area contributed by atoms with Gasteiger partial charge in [-0.15, -0.1) is 0 Å². The molecule has 2 heterocycles. The van der Waals surface area contributed by atoms with Crippen LogP contribution in [0, 0.1) is 0 Å². The van der Waals surface area contributed by atoms with E-state index in [2.05, 4.69) is 28.1 Å². The predicted octanol–water partition coefficient (Wildman–Crippen LogP) is 1.98. The molecule has 5 nitrogen and oxygen atoms in total. The quantitative estimate of drug-likeness (QED) is 0.866. The Morgan fingerprint density at radius 2 is 1.96 bits per heavy atom. The maximum Gasteiger partial charge on any atom is 0.238 e. The van der Waals surface area contributed by atoms with Crippen molar-refractivity contribution >= 4 is 11.6 Å². The molecule has 0 saturated carbocycles. The van der Waals surface area contributed by atoms with E-state index in [1.165, 1.54) is 18.4 Å². The van der Waals surface area contributed by atoms with Gasteiger partial charge < -0.3 is 10.1 Å². The summed E-state index contributed by atoms with van der Waals surface area (Å²) >= 11 is 0. The van der Waals surface area contributed by atoms with E-state index in [-0.39, 0.29) is 5.91 Å². The van der Waals surface area contributed by atoms with Crippen molar-refractivity contribution in [1.29, 1.82) is 0 Å². The zero-order valence-electron chi connectivity index (χ0n) is 14.7. The minimum Gasteiger partial charge on any atom is -0.377 e. The van der Waals surface area contributed by atoms with Crippen LogP contribution in [0.15, 0.2) is 24.3 Å². The van der Waals surface area contributed by atoms with E-state index in [0.717, 1.165) is 51.4 Å². The second-order valence-corrected chi connectivity index (χ2v) is 6.77. The second kappa shape index (κ2) is 8.60. The fourth-order valence-electron chi connectivity index (χ4n) is 3.55. The molecule has 1 atom stereocenters. The number of benzene rings is 1. The fraction of sp³-hybridized carbons (Fsp3) is 0.632. The van der Waals surface area contributed by atoms with Crippen molar-refractivity contribution in [3.63, 3.8) is 0 Å². The number of anilines is 1. The predicted molar refractivity (Wildman–Crippen MR) is 96.3 cm³/mol. The molecule has 1 aromatic rings. The zero-order chi connectivity index (χ0) is 16.8. The third-order valence-corrected chi connectivity index (χ3v) is 4.99. The van der Waals surface area contributed by atoms with Gasteiger partial charge in [-0.25, -0.2) is 0 Å². The number of ether oxygens (including phenoxy) is 1. The zero-order valence-corrected chi connectivity index (χ0v) is 14.7. The average molecular weight is 331 g/mol. The van der Waals surface area contributed by atoms with Crippen molar-refractivity contribution in [2.45, 2.75) is 32.3 Å². The van der Waals surface area contributed by atoms with Crippen LogP contribution in [-0.4, -0.2) is 67.7 Å². The highest BCUT2D eigenvalue weighted by Gasteiger charge is 2.23. The molecule has 2 saturated heterocycles. The Morgan fingerprint density at radius 1 is 1.21 bits per heavy atom. The van der Waals surface area contributed by atoms with Gasteiger partial charge in [0.05, 0.1) is 12.6 Å². The molecule has 0 spiro atoms. The highest BCUT2D eigenvalue weighted by Crippen LogP contribution is 2.16. The molecule has 1 aromatic carbocycles. The van der Waals surface area contributed by atoms with Crippen molar-refractivity contribution in [3.8, 4) is 0 Å². The number of carbonyl (C=O) groups is 1. The summed E-state index contributed by atoms with van der Waals surface area (Å²) in [5.74, 6) is 0.0866. The Morgan fingerprint density at radius 3 is 2.67 bits per heavy atom. The van der Waals surface area contributed by atoms with Gasteiger partial charge in [-0.1, -0.05) is 25.1 Å². The third-order valence-electron chi connectivity index (χ3n) is 4.99. The molecule has 132 valence electrons. The van der Waals surface area contributed by atoms with Crippen molar-refractivity contribution in [2.75, 3.05) is 51.2 Å². The summed E-state index contributed by atoms with van der Waals surface area (Å²) in [4.78, 5) is 17.0. The first-order valence-corrected chi connectivity index (χ1v) is 9.18. The Kier molecular flexibility index (Phi) is 6.24. The van der Waals surface area contributed by atoms with Gasteiger partial charge >= 0.3 is 0 Å². The Bertz CT molecular complexity index is 535. The lowest BCUT2D eigenvalue weighted by molar-refractivity contribution is -0.117. The standard InChI is InChI=1S/C19H29N3O2/c1-2-16-6-3-4-8-18(16)20-19(23)15-22-11-9-21(10-12-22)14-17-7-5-13-24-17/h3-4,6,8,17H,2,5,7,9-15H2,1H3,(H,20,23)/t17-/m1/s1. The van der Waals surface area contributed by atoms with Gasteiger partial charge in [0, 0.05) is 45.0 Å². The summed E-state index contributed by atoms with van der Waals surface area (Å²) in [5.41, 5.74) is 2.13. The van der Waals surface area contributed by atoms with Crippen LogP contribution in [0.25, 0.3) is 0 Å². The molecule has 0 radical (unpaired) electrons. The van der Waals surface area contributed by atoms with Crippen molar-refractivity contribution in [2.24, 2.45) is 0 Å². The van der Waals surface area contributed by atoms with Gasteiger partial charge in [-0.05, 0) is 30.9 Å². The summed E-state index contributed by atoms with van der Waals surface area (Å²) in [5, 5.41) is 3.06. The van der Waals surface area contributed by atoms with Gasteiger partial charge in [0.25, 0.3) is 0 Å². The van der Waals surface area contributed by atoms with Crippen LogP contribution in [0.3, 0.4) is 0 Å². The molecule has 0 bridgehead atoms. The molecule has 0 aromatic heterocycles. The van der Waals surface area contributed by atoms with E-state index in [4.69, 9.17) is 4.74 Å². The largest absolute Gasteiger partial charge is 0.377 e. The first-order chi connectivity index (χ1) is 11.7. The summed E-state index contributed by atoms with van der Waals surface area (Å²) in [7, 11) is 0. The smallest absolute Gasteiger partial charge is 0.238 e. The first-order valence-electron chi connectivity index (χ1n) is 9.18. The topological polar surface area (TPSA) is 44.8 Å². The Labute approximate surface area is 145 Å². The highest BCUT2D eigenvalue weighted by atomic mass is 16.5. The first kappa shape index (κ1) is 17.4. The molecule has 2 aliphatic heterocycles. The lowest BCUT2D eigenvalue weighted by Crippen LogP contribution is -2.50. The van der Waals surface area contributed by atoms with Crippen LogP contribution in [-0.2, 0) is 16.0 Å². The van der Waals surface area contributed by atoms with Crippen LogP contribution >= 0.6 is 0 Å². The maximum atomic E-state index is 12.3. The maximum absolute atomic E-state index is 12.3. The molecular weight excluding hydrogens is 302 g/mol. The van der Waals surface area contributed by atoms with E-state index in [1.807, 2.05) is 18.2 Å². The van der Waals surface area contributed by atoms with Gasteiger partial charge in [-0.2, -0.15) is 0 Å². The monoisotopic (exact) mass is 331 g/mol. The number of piperazine rings is 1. The number of carbonyl (C=O) groups excluding carboxylic acids is 1. The average Bonchev–Trinajstić information content (AvgIpc) is 3.10. The van der Waals surface area contributed by atoms with Gasteiger partial charge in [0.1, 0.15) is 0 Å².